The molecule has 2 aromatic carbocycles. The van der Waals surface area contributed by atoms with Crippen LogP contribution in [0.2, 0.25) is 0 Å². The molecule has 2 heterocycles. The Morgan fingerprint density at radius 1 is 1.03 bits per heavy atom. The Balaban J connectivity index is 1.65. The molecule has 0 bridgehead atoms. The highest BCUT2D eigenvalue weighted by Crippen LogP contribution is 2.37. The van der Waals surface area contributed by atoms with Gasteiger partial charge in [-0.3, -0.25) is 14.5 Å². The molecule has 6 nitrogen and oxygen atoms in total. The quantitative estimate of drug-likeness (QED) is 0.434. The van der Waals surface area contributed by atoms with Gasteiger partial charge in [0.05, 0.1) is 29.9 Å². The second kappa shape index (κ2) is 8.90. The van der Waals surface area contributed by atoms with Gasteiger partial charge in [0.2, 0.25) is 0 Å². The van der Waals surface area contributed by atoms with Crippen molar-refractivity contribution in [1.29, 1.82) is 0 Å². The lowest BCUT2D eigenvalue weighted by atomic mass is 9.88. The number of aliphatic hydroxyl groups is 1. The van der Waals surface area contributed by atoms with Crippen LogP contribution >= 0.6 is 11.3 Å². The number of amides is 2. The molecular weight excluding hydrogens is 426 g/mol. The summed E-state index contributed by atoms with van der Waals surface area (Å²) in [5.74, 6) is -1.89. The van der Waals surface area contributed by atoms with E-state index < -0.39 is 18.0 Å². The lowest BCUT2D eigenvalue weighted by Gasteiger charge is -2.28. The molecule has 2 amide bonds. The monoisotopic (exact) mass is 447 g/mol. The smallest absolute Gasteiger partial charge is 0.337 e. The van der Waals surface area contributed by atoms with Crippen molar-refractivity contribution >= 4 is 34.7 Å². The van der Waals surface area contributed by atoms with Crippen LogP contribution in [0.3, 0.4) is 0 Å². The fraction of sp³-hybridized carbons (Fsp3) is 0.160. The van der Waals surface area contributed by atoms with Crippen LogP contribution in [0.15, 0.2) is 72.6 Å². The van der Waals surface area contributed by atoms with E-state index in [-0.39, 0.29) is 18.4 Å². The van der Waals surface area contributed by atoms with Crippen molar-refractivity contribution in [2.24, 2.45) is 5.92 Å². The summed E-state index contributed by atoms with van der Waals surface area (Å²) in [6.07, 6.45) is -1.05. The first-order valence-corrected chi connectivity index (χ1v) is 10.8. The van der Waals surface area contributed by atoms with E-state index in [2.05, 4.69) is 6.58 Å². The Hall–Kier alpha value is -3.55. The van der Waals surface area contributed by atoms with Gasteiger partial charge in [-0.1, -0.05) is 36.9 Å². The zero-order valence-corrected chi connectivity index (χ0v) is 18.2. The highest BCUT2D eigenvalue weighted by atomic mass is 32.1. The molecule has 7 heteroatoms. The van der Waals surface area contributed by atoms with Gasteiger partial charge in [0, 0.05) is 17.3 Å². The summed E-state index contributed by atoms with van der Waals surface area (Å²) in [6.45, 7) is 4.15. The number of hydrogen-bond donors (Lipinski definition) is 1. The van der Waals surface area contributed by atoms with Crippen molar-refractivity contribution in [2.75, 3.05) is 13.7 Å². The van der Waals surface area contributed by atoms with Gasteiger partial charge in [-0.2, -0.15) is 0 Å². The summed E-state index contributed by atoms with van der Waals surface area (Å²) >= 11 is 1.47. The molecule has 3 aromatic rings. The minimum absolute atomic E-state index is 0.0248. The number of hydrogen-bond acceptors (Lipinski definition) is 6. The van der Waals surface area contributed by atoms with Gasteiger partial charge in [0.15, 0.2) is 0 Å². The van der Waals surface area contributed by atoms with Crippen molar-refractivity contribution in [3.05, 3.63) is 99.8 Å². The number of methoxy groups -OCH3 is 1. The number of benzene rings is 2. The van der Waals surface area contributed by atoms with E-state index in [1.807, 2.05) is 17.5 Å². The SMILES string of the molecule is C=C(c1cccs1)C(CN1C(=O)c2ccccc2C1=O)C(O)c1ccc(C(=O)OC)cc1. The molecule has 0 saturated heterocycles. The van der Waals surface area contributed by atoms with E-state index in [0.29, 0.717) is 27.8 Å². The van der Waals surface area contributed by atoms with Crippen LogP contribution in [0.1, 0.15) is 47.6 Å². The number of nitrogens with zero attached hydrogens (tertiary/aromatic N) is 1. The van der Waals surface area contributed by atoms with Crippen molar-refractivity contribution in [2.45, 2.75) is 6.10 Å². The molecule has 4 rings (SSSR count). The van der Waals surface area contributed by atoms with Gasteiger partial charge < -0.3 is 9.84 Å². The van der Waals surface area contributed by atoms with E-state index in [1.54, 1.807) is 48.5 Å². The van der Waals surface area contributed by atoms with Crippen LogP contribution in [0.25, 0.3) is 5.57 Å². The third kappa shape index (κ3) is 3.88. The van der Waals surface area contributed by atoms with Crippen LogP contribution in [-0.4, -0.2) is 41.4 Å². The topological polar surface area (TPSA) is 83.9 Å². The van der Waals surface area contributed by atoms with Gasteiger partial charge in [-0.25, -0.2) is 4.79 Å². The average Bonchev–Trinajstić information content (AvgIpc) is 3.45. The molecule has 0 spiro atoms. The highest BCUT2D eigenvalue weighted by molar-refractivity contribution is 7.11. The van der Waals surface area contributed by atoms with Crippen LogP contribution < -0.4 is 0 Å². The lowest BCUT2D eigenvalue weighted by molar-refractivity contribution is 0.0568. The second-order valence-corrected chi connectivity index (χ2v) is 8.38. The Bertz CT molecular complexity index is 1150. The first-order chi connectivity index (χ1) is 15.4. The number of thiophene rings is 1. The predicted octanol–water partition coefficient (Wildman–Crippen LogP) is 4.19. The number of carbonyl (C=O) groups is 3. The van der Waals surface area contributed by atoms with Crippen molar-refractivity contribution in [3.8, 4) is 0 Å². The molecule has 0 radical (unpaired) electrons. The van der Waals surface area contributed by atoms with Crippen molar-refractivity contribution in [3.63, 3.8) is 0 Å². The summed E-state index contributed by atoms with van der Waals surface area (Å²) in [6, 6.07) is 16.8. The summed E-state index contributed by atoms with van der Waals surface area (Å²) in [4.78, 5) is 39.6. The highest BCUT2D eigenvalue weighted by Gasteiger charge is 2.39. The molecule has 2 unspecified atom stereocenters. The van der Waals surface area contributed by atoms with Crippen LogP contribution in [-0.2, 0) is 4.74 Å². The zero-order valence-electron chi connectivity index (χ0n) is 17.4. The van der Waals surface area contributed by atoms with Gasteiger partial charge in [0.25, 0.3) is 11.8 Å². The standard InChI is InChI=1S/C25H21NO5S/c1-15(21-8-5-13-32-21)20(22(27)16-9-11-17(12-10-16)25(30)31-2)14-26-23(28)18-6-3-4-7-19(18)24(26)29/h3-13,20,22,27H,1,14H2,2H3. The van der Waals surface area contributed by atoms with Crippen LogP contribution in [0.5, 0.6) is 0 Å². The molecule has 2 atom stereocenters. The number of fused-ring (bicyclic) bond motifs is 1. The molecule has 1 aliphatic heterocycles. The van der Waals surface area contributed by atoms with E-state index in [1.165, 1.54) is 23.3 Å². The molecule has 162 valence electrons. The first-order valence-electron chi connectivity index (χ1n) is 9.96. The number of aliphatic hydroxyl groups excluding tert-OH is 1. The van der Waals surface area contributed by atoms with E-state index >= 15 is 0 Å². The summed E-state index contributed by atoms with van der Waals surface area (Å²) in [7, 11) is 1.30. The van der Waals surface area contributed by atoms with Gasteiger partial charge in [-0.05, 0) is 46.8 Å². The Labute approximate surface area is 189 Å². The number of ether oxygens (including phenoxy) is 1. The summed E-state index contributed by atoms with van der Waals surface area (Å²) in [5, 5.41) is 13.2. The third-order valence-electron chi connectivity index (χ3n) is 5.60. The molecule has 32 heavy (non-hydrogen) atoms. The molecule has 1 aliphatic rings. The molecular formula is C25H21NO5S. The minimum atomic E-state index is -1.05. The summed E-state index contributed by atoms with van der Waals surface area (Å²) in [5.41, 5.74) is 2.24. The van der Waals surface area contributed by atoms with Crippen molar-refractivity contribution in [1.82, 2.24) is 4.90 Å². The molecule has 0 fully saturated rings. The number of esters is 1. The van der Waals surface area contributed by atoms with E-state index in [9.17, 15) is 19.5 Å². The maximum absolute atomic E-state index is 12.9. The Kier molecular flexibility index (Phi) is 6.03. The Morgan fingerprint density at radius 2 is 1.66 bits per heavy atom. The van der Waals surface area contributed by atoms with Crippen LogP contribution in [0, 0.1) is 5.92 Å². The molecule has 1 aromatic heterocycles. The van der Waals surface area contributed by atoms with Gasteiger partial charge in [-0.15, -0.1) is 11.3 Å². The fourth-order valence-electron chi connectivity index (χ4n) is 3.81. The minimum Gasteiger partial charge on any atom is -0.465 e. The normalized spacial score (nSPS) is 14.8. The predicted molar refractivity (Wildman–Crippen MR) is 121 cm³/mol. The third-order valence-corrected chi connectivity index (χ3v) is 6.54. The maximum Gasteiger partial charge on any atom is 0.337 e. The second-order valence-electron chi connectivity index (χ2n) is 7.43. The van der Waals surface area contributed by atoms with Crippen LogP contribution in [0.4, 0.5) is 0 Å². The first kappa shape index (κ1) is 21.7. The largest absolute Gasteiger partial charge is 0.465 e. The van der Waals surface area contributed by atoms with Gasteiger partial charge >= 0.3 is 5.97 Å². The zero-order chi connectivity index (χ0) is 22.8. The van der Waals surface area contributed by atoms with Crippen molar-refractivity contribution < 1.29 is 24.2 Å². The van der Waals surface area contributed by atoms with E-state index in [4.69, 9.17) is 4.74 Å². The molecule has 0 aliphatic carbocycles. The number of rotatable bonds is 7. The van der Waals surface area contributed by atoms with Gasteiger partial charge in [0.1, 0.15) is 0 Å². The number of imide groups is 1. The van der Waals surface area contributed by atoms with E-state index in [0.717, 1.165) is 4.88 Å². The number of carbonyl (C=O) groups excluding carboxylic acids is 3. The molecule has 0 saturated carbocycles. The lowest BCUT2D eigenvalue weighted by Crippen LogP contribution is -2.37. The summed E-state index contributed by atoms with van der Waals surface area (Å²) < 4.78 is 4.72. The maximum atomic E-state index is 12.9. The average molecular weight is 448 g/mol. The fourth-order valence-corrected chi connectivity index (χ4v) is 4.58. The molecule has 1 N–H and O–H groups in total. The Morgan fingerprint density at radius 3 is 2.19 bits per heavy atom.